The molecule has 0 aromatic carbocycles. The van der Waals surface area contributed by atoms with Crippen LogP contribution >= 0.6 is 0 Å². The maximum atomic E-state index is 11.8. The quantitative estimate of drug-likeness (QED) is 0.544. The van der Waals surface area contributed by atoms with Gasteiger partial charge in [0.05, 0.1) is 6.61 Å². The van der Waals surface area contributed by atoms with E-state index in [4.69, 9.17) is 4.74 Å². The second kappa shape index (κ2) is 6.49. The largest absolute Gasteiger partial charge is 0.464 e. The Balaban J connectivity index is 2.65. The Morgan fingerprint density at radius 2 is 2.22 bits per heavy atom. The zero-order valence-electron chi connectivity index (χ0n) is 10.7. The number of esters is 1. The molecule has 1 rings (SSSR count). The predicted octanol–water partition coefficient (Wildman–Crippen LogP) is 0.228. The Morgan fingerprint density at radius 1 is 1.56 bits per heavy atom. The number of aliphatic hydroxyl groups is 1. The first kappa shape index (κ1) is 14.6. The maximum Gasteiger partial charge on any atom is 0.328 e. The van der Waals surface area contributed by atoms with Gasteiger partial charge in [0.1, 0.15) is 6.04 Å². The monoisotopic (exact) mass is 257 g/mol. The number of rotatable bonds is 6. The van der Waals surface area contributed by atoms with Crippen LogP contribution in [0.1, 0.15) is 39.5 Å². The van der Waals surface area contributed by atoms with E-state index in [0.29, 0.717) is 6.61 Å². The SMILES string of the molecule is CCCCOC(=O)C1CCC(=O)N1C(O)C(C)=O. The zero-order valence-corrected chi connectivity index (χ0v) is 10.7. The third-order valence-electron chi connectivity index (χ3n) is 2.90. The lowest BCUT2D eigenvalue weighted by Crippen LogP contribution is -2.49. The highest BCUT2D eigenvalue weighted by atomic mass is 16.5. The highest BCUT2D eigenvalue weighted by molar-refractivity contribution is 5.92. The lowest BCUT2D eigenvalue weighted by molar-refractivity contribution is -0.162. The van der Waals surface area contributed by atoms with Crippen molar-refractivity contribution < 1.29 is 24.2 Å². The first-order chi connectivity index (χ1) is 8.49. The molecule has 6 nitrogen and oxygen atoms in total. The van der Waals surface area contributed by atoms with Gasteiger partial charge in [-0.2, -0.15) is 0 Å². The van der Waals surface area contributed by atoms with Crippen molar-refractivity contribution in [2.75, 3.05) is 6.61 Å². The van der Waals surface area contributed by atoms with Gasteiger partial charge in [0, 0.05) is 6.42 Å². The molecule has 1 saturated heterocycles. The molecule has 0 aromatic heterocycles. The van der Waals surface area contributed by atoms with Crippen LogP contribution in [0, 0.1) is 0 Å². The average Bonchev–Trinajstić information content (AvgIpc) is 2.70. The van der Waals surface area contributed by atoms with Gasteiger partial charge in [-0.05, 0) is 19.8 Å². The van der Waals surface area contributed by atoms with E-state index in [1.807, 2.05) is 6.92 Å². The Bertz CT molecular complexity index is 341. The van der Waals surface area contributed by atoms with Crippen LogP contribution in [0.5, 0.6) is 0 Å². The van der Waals surface area contributed by atoms with Crippen molar-refractivity contribution in [3.8, 4) is 0 Å². The number of nitrogens with zero attached hydrogens (tertiary/aromatic N) is 1. The van der Waals surface area contributed by atoms with Crippen LogP contribution in [-0.2, 0) is 19.1 Å². The van der Waals surface area contributed by atoms with Crippen LogP contribution in [0.25, 0.3) is 0 Å². The number of Topliss-reactive ketones (excluding diaryl/α,β-unsaturated/α-hetero) is 1. The second-order valence-electron chi connectivity index (χ2n) is 4.36. The highest BCUT2D eigenvalue weighted by Crippen LogP contribution is 2.22. The second-order valence-corrected chi connectivity index (χ2v) is 4.36. The fourth-order valence-electron chi connectivity index (χ4n) is 1.85. The Labute approximate surface area is 106 Å². The minimum Gasteiger partial charge on any atom is -0.464 e. The fourth-order valence-corrected chi connectivity index (χ4v) is 1.85. The molecule has 0 aromatic rings. The van der Waals surface area contributed by atoms with Crippen molar-refractivity contribution in [3.05, 3.63) is 0 Å². The lowest BCUT2D eigenvalue weighted by atomic mass is 10.2. The number of unbranched alkanes of at least 4 members (excludes halogenated alkanes) is 1. The molecule has 6 heteroatoms. The molecule has 1 aliphatic heterocycles. The summed E-state index contributed by atoms with van der Waals surface area (Å²) >= 11 is 0. The van der Waals surface area contributed by atoms with E-state index in [1.54, 1.807) is 0 Å². The van der Waals surface area contributed by atoms with Crippen molar-refractivity contribution in [1.82, 2.24) is 4.90 Å². The molecule has 0 aliphatic carbocycles. The molecule has 1 fully saturated rings. The standard InChI is InChI=1S/C12H19NO5/c1-3-4-7-18-12(17)9-5-6-10(15)13(9)11(16)8(2)14/h9,11,16H,3-7H2,1-2H3. The van der Waals surface area contributed by atoms with Gasteiger partial charge in [-0.15, -0.1) is 0 Å². The van der Waals surface area contributed by atoms with Crippen molar-refractivity contribution >= 4 is 17.7 Å². The van der Waals surface area contributed by atoms with E-state index in [9.17, 15) is 19.5 Å². The lowest BCUT2D eigenvalue weighted by Gasteiger charge is -2.26. The first-order valence-electron chi connectivity index (χ1n) is 6.15. The van der Waals surface area contributed by atoms with Crippen molar-refractivity contribution in [3.63, 3.8) is 0 Å². The summed E-state index contributed by atoms with van der Waals surface area (Å²) in [6.07, 6.45) is 0.536. The Hall–Kier alpha value is -1.43. The number of carbonyl (C=O) groups is 3. The van der Waals surface area contributed by atoms with Crippen molar-refractivity contribution in [1.29, 1.82) is 0 Å². The van der Waals surface area contributed by atoms with Gasteiger partial charge in [-0.1, -0.05) is 13.3 Å². The number of aliphatic hydroxyl groups excluding tert-OH is 1. The molecule has 2 unspecified atom stereocenters. The van der Waals surface area contributed by atoms with Crippen LogP contribution in [0.4, 0.5) is 0 Å². The third kappa shape index (κ3) is 3.29. The molecule has 2 atom stereocenters. The first-order valence-corrected chi connectivity index (χ1v) is 6.15. The zero-order chi connectivity index (χ0) is 13.7. The summed E-state index contributed by atoms with van der Waals surface area (Å²) in [5, 5.41) is 9.64. The summed E-state index contributed by atoms with van der Waals surface area (Å²) in [5.41, 5.74) is 0. The van der Waals surface area contributed by atoms with Crippen LogP contribution < -0.4 is 0 Å². The van der Waals surface area contributed by atoms with Crippen molar-refractivity contribution in [2.24, 2.45) is 0 Å². The smallest absolute Gasteiger partial charge is 0.328 e. The van der Waals surface area contributed by atoms with Gasteiger partial charge in [-0.25, -0.2) is 4.79 Å². The van der Waals surface area contributed by atoms with Gasteiger partial charge < -0.3 is 9.84 Å². The number of hydrogen-bond donors (Lipinski definition) is 1. The van der Waals surface area contributed by atoms with Gasteiger partial charge >= 0.3 is 5.97 Å². The molecular weight excluding hydrogens is 238 g/mol. The van der Waals surface area contributed by atoms with Gasteiger partial charge in [0.15, 0.2) is 12.0 Å². The van der Waals surface area contributed by atoms with E-state index in [1.165, 1.54) is 6.92 Å². The van der Waals surface area contributed by atoms with Crippen LogP contribution in [0.2, 0.25) is 0 Å². The van der Waals surface area contributed by atoms with E-state index in [0.717, 1.165) is 17.7 Å². The topological polar surface area (TPSA) is 83.9 Å². The van der Waals surface area contributed by atoms with Gasteiger partial charge in [-0.3, -0.25) is 14.5 Å². The van der Waals surface area contributed by atoms with Gasteiger partial charge in [0.2, 0.25) is 5.91 Å². The number of carbonyl (C=O) groups excluding carboxylic acids is 3. The van der Waals surface area contributed by atoms with Gasteiger partial charge in [0.25, 0.3) is 0 Å². The molecular formula is C12H19NO5. The Morgan fingerprint density at radius 3 is 2.78 bits per heavy atom. The van der Waals surface area contributed by atoms with Crippen LogP contribution in [0.15, 0.2) is 0 Å². The summed E-state index contributed by atoms with van der Waals surface area (Å²) < 4.78 is 5.02. The van der Waals surface area contributed by atoms with E-state index in [-0.39, 0.29) is 12.8 Å². The number of ether oxygens (including phenoxy) is 1. The molecule has 1 aliphatic rings. The minimum atomic E-state index is -1.55. The summed E-state index contributed by atoms with van der Waals surface area (Å²) in [6, 6.07) is -0.840. The molecule has 18 heavy (non-hydrogen) atoms. The fraction of sp³-hybridized carbons (Fsp3) is 0.750. The number of ketones is 1. The predicted molar refractivity (Wildman–Crippen MR) is 62.4 cm³/mol. The van der Waals surface area contributed by atoms with Crippen LogP contribution in [-0.4, -0.2) is 46.5 Å². The summed E-state index contributed by atoms with van der Waals surface area (Å²) in [7, 11) is 0. The summed E-state index contributed by atoms with van der Waals surface area (Å²) in [5.74, 6) is -1.50. The number of hydrogen-bond acceptors (Lipinski definition) is 5. The minimum absolute atomic E-state index is 0.151. The van der Waals surface area contributed by atoms with Crippen molar-refractivity contribution in [2.45, 2.75) is 51.8 Å². The molecule has 1 heterocycles. The third-order valence-corrected chi connectivity index (χ3v) is 2.90. The van der Waals surface area contributed by atoms with E-state index in [2.05, 4.69) is 0 Å². The molecule has 1 amide bonds. The van der Waals surface area contributed by atoms with E-state index >= 15 is 0 Å². The molecule has 0 saturated carbocycles. The highest BCUT2D eigenvalue weighted by Gasteiger charge is 2.42. The summed E-state index contributed by atoms with van der Waals surface area (Å²) in [6.45, 7) is 3.44. The molecule has 102 valence electrons. The van der Waals surface area contributed by atoms with Crippen LogP contribution in [0.3, 0.4) is 0 Å². The Kier molecular flexibility index (Phi) is 5.27. The number of amides is 1. The summed E-state index contributed by atoms with van der Waals surface area (Å²) in [4.78, 5) is 35.4. The number of likely N-dealkylation sites (tertiary alicyclic amines) is 1. The molecule has 0 radical (unpaired) electrons. The molecule has 0 spiro atoms. The van der Waals surface area contributed by atoms with E-state index < -0.39 is 29.9 Å². The molecule has 0 bridgehead atoms. The maximum absolute atomic E-state index is 11.8. The molecule has 1 N–H and O–H groups in total. The normalized spacial score (nSPS) is 20.9. The average molecular weight is 257 g/mol.